The quantitative estimate of drug-likeness (QED) is 0.578. The van der Waals surface area contributed by atoms with Gasteiger partial charge in [-0.05, 0) is 18.6 Å². The van der Waals surface area contributed by atoms with Crippen molar-refractivity contribution in [2.45, 2.75) is 12.8 Å². The lowest BCUT2D eigenvalue weighted by Crippen LogP contribution is -2.00. The van der Waals surface area contributed by atoms with Crippen LogP contribution in [0.4, 0.5) is 0 Å². The molecule has 0 spiro atoms. The van der Waals surface area contributed by atoms with E-state index in [0.717, 1.165) is 0 Å². The van der Waals surface area contributed by atoms with Crippen LogP contribution in [0.5, 0.6) is 11.5 Å². The summed E-state index contributed by atoms with van der Waals surface area (Å²) in [7, 11) is 1.47. The maximum Gasteiger partial charge on any atom is 0.179 e. The molecule has 0 atom stereocenters. The SMILES string of the molecule is COc1cc(C=O)cc(Cl)c1OCCCC#N. The van der Waals surface area contributed by atoms with Crippen LogP contribution in [0.2, 0.25) is 5.02 Å². The van der Waals surface area contributed by atoms with E-state index in [1.807, 2.05) is 6.07 Å². The number of methoxy groups -OCH3 is 1. The second-order valence-corrected chi connectivity index (χ2v) is 3.67. The zero-order chi connectivity index (χ0) is 12.7. The molecule has 0 saturated heterocycles. The van der Waals surface area contributed by atoms with Crippen LogP contribution in [-0.4, -0.2) is 20.0 Å². The lowest BCUT2D eigenvalue weighted by atomic mass is 10.2. The first-order valence-corrected chi connectivity index (χ1v) is 5.43. The molecule has 1 aromatic carbocycles. The molecule has 0 amide bonds. The molecule has 0 unspecified atom stereocenters. The van der Waals surface area contributed by atoms with Crippen molar-refractivity contribution in [2.24, 2.45) is 0 Å². The molecule has 0 bridgehead atoms. The Bertz CT molecular complexity index is 440. The Labute approximate surface area is 105 Å². The predicted octanol–water partition coefficient (Wildman–Crippen LogP) is 2.84. The zero-order valence-electron chi connectivity index (χ0n) is 9.40. The molecule has 17 heavy (non-hydrogen) atoms. The molecule has 90 valence electrons. The van der Waals surface area contributed by atoms with E-state index in [-0.39, 0.29) is 0 Å². The summed E-state index contributed by atoms with van der Waals surface area (Å²) in [6, 6.07) is 5.09. The lowest BCUT2D eigenvalue weighted by molar-refractivity contribution is 0.112. The van der Waals surface area contributed by atoms with Gasteiger partial charge < -0.3 is 9.47 Å². The molecule has 0 heterocycles. The molecule has 0 aliphatic rings. The van der Waals surface area contributed by atoms with E-state index in [1.165, 1.54) is 13.2 Å². The maximum absolute atomic E-state index is 10.6. The number of halogens is 1. The van der Waals surface area contributed by atoms with Gasteiger partial charge in [0.25, 0.3) is 0 Å². The average molecular weight is 254 g/mol. The zero-order valence-corrected chi connectivity index (χ0v) is 10.2. The van der Waals surface area contributed by atoms with Gasteiger partial charge in [-0.25, -0.2) is 0 Å². The number of rotatable bonds is 6. The minimum absolute atomic E-state index is 0.323. The molecular weight excluding hydrogens is 242 g/mol. The monoisotopic (exact) mass is 253 g/mol. The number of nitriles is 1. The minimum Gasteiger partial charge on any atom is -0.493 e. The van der Waals surface area contributed by atoms with Crippen LogP contribution in [0.1, 0.15) is 23.2 Å². The highest BCUT2D eigenvalue weighted by Crippen LogP contribution is 2.36. The number of benzene rings is 1. The van der Waals surface area contributed by atoms with Gasteiger partial charge in [0.15, 0.2) is 11.5 Å². The van der Waals surface area contributed by atoms with Crippen molar-refractivity contribution < 1.29 is 14.3 Å². The van der Waals surface area contributed by atoms with Crippen molar-refractivity contribution in [3.05, 3.63) is 22.7 Å². The molecule has 0 aliphatic heterocycles. The smallest absolute Gasteiger partial charge is 0.179 e. The van der Waals surface area contributed by atoms with Crippen molar-refractivity contribution in [2.75, 3.05) is 13.7 Å². The Morgan fingerprint density at radius 1 is 1.53 bits per heavy atom. The lowest BCUT2D eigenvalue weighted by Gasteiger charge is -2.12. The Morgan fingerprint density at radius 2 is 2.29 bits per heavy atom. The van der Waals surface area contributed by atoms with E-state index < -0.39 is 0 Å². The van der Waals surface area contributed by atoms with Crippen LogP contribution in [0.3, 0.4) is 0 Å². The average Bonchev–Trinajstić information content (AvgIpc) is 2.35. The van der Waals surface area contributed by atoms with Crippen molar-refractivity contribution in [3.63, 3.8) is 0 Å². The van der Waals surface area contributed by atoms with Crippen LogP contribution in [0, 0.1) is 11.3 Å². The van der Waals surface area contributed by atoms with Crippen molar-refractivity contribution >= 4 is 17.9 Å². The van der Waals surface area contributed by atoms with Gasteiger partial charge in [0.2, 0.25) is 0 Å². The summed E-state index contributed by atoms with van der Waals surface area (Å²) in [5.74, 6) is 0.814. The molecule has 0 saturated carbocycles. The summed E-state index contributed by atoms with van der Waals surface area (Å²) in [5, 5.41) is 8.71. The van der Waals surface area contributed by atoms with Crippen molar-refractivity contribution in [1.29, 1.82) is 5.26 Å². The highest BCUT2D eigenvalue weighted by atomic mass is 35.5. The third kappa shape index (κ3) is 3.65. The van der Waals surface area contributed by atoms with Gasteiger partial charge in [-0.1, -0.05) is 11.6 Å². The minimum atomic E-state index is 0.323. The highest BCUT2D eigenvalue weighted by molar-refractivity contribution is 6.32. The number of nitrogens with zero attached hydrogens (tertiary/aromatic N) is 1. The number of hydrogen-bond donors (Lipinski definition) is 0. The molecule has 0 aromatic heterocycles. The highest BCUT2D eigenvalue weighted by Gasteiger charge is 2.11. The second-order valence-electron chi connectivity index (χ2n) is 3.26. The molecule has 0 radical (unpaired) electrons. The van der Waals surface area contributed by atoms with Crippen LogP contribution in [0.15, 0.2) is 12.1 Å². The first-order valence-electron chi connectivity index (χ1n) is 5.05. The third-order valence-electron chi connectivity index (χ3n) is 2.07. The summed E-state index contributed by atoms with van der Waals surface area (Å²) in [6.45, 7) is 0.379. The number of hydrogen-bond acceptors (Lipinski definition) is 4. The molecule has 0 fully saturated rings. The number of ether oxygens (including phenoxy) is 2. The van der Waals surface area contributed by atoms with E-state index in [2.05, 4.69) is 0 Å². The Morgan fingerprint density at radius 3 is 2.88 bits per heavy atom. The summed E-state index contributed by atoms with van der Waals surface area (Å²) < 4.78 is 10.5. The van der Waals surface area contributed by atoms with E-state index in [1.54, 1.807) is 6.07 Å². The molecule has 1 rings (SSSR count). The third-order valence-corrected chi connectivity index (χ3v) is 2.35. The van der Waals surface area contributed by atoms with Gasteiger partial charge in [0.05, 0.1) is 24.8 Å². The normalized spacial score (nSPS) is 9.47. The van der Waals surface area contributed by atoms with Gasteiger partial charge in [0, 0.05) is 12.0 Å². The number of unbranched alkanes of at least 4 members (excludes halogenated alkanes) is 1. The largest absolute Gasteiger partial charge is 0.493 e. The van der Waals surface area contributed by atoms with Gasteiger partial charge >= 0.3 is 0 Å². The fourth-order valence-electron chi connectivity index (χ4n) is 1.27. The second kappa shape index (κ2) is 6.77. The standard InChI is InChI=1S/C12H12ClNO3/c1-16-11-7-9(8-15)6-10(13)12(11)17-5-3-2-4-14/h6-8H,2-3,5H2,1H3. The molecule has 4 nitrogen and oxygen atoms in total. The van der Waals surface area contributed by atoms with Crippen LogP contribution in [0.25, 0.3) is 0 Å². The van der Waals surface area contributed by atoms with Gasteiger partial charge in [-0.2, -0.15) is 5.26 Å². The maximum atomic E-state index is 10.6. The van der Waals surface area contributed by atoms with E-state index >= 15 is 0 Å². The molecular formula is C12H12ClNO3. The van der Waals surface area contributed by atoms with Crippen LogP contribution >= 0.6 is 11.6 Å². The first-order chi connectivity index (χ1) is 8.22. The van der Waals surface area contributed by atoms with Crippen molar-refractivity contribution in [1.82, 2.24) is 0 Å². The Balaban J connectivity index is 2.83. The van der Waals surface area contributed by atoms with Gasteiger partial charge in [-0.3, -0.25) is 4.79 Å². The Kier molecular flexibility index (Phi) is 5.31. The predicted molar refractivity (Wildman–Crippen MR) is 63.7 cm³/mol. The number of carbonyl (C=O) groups excluding carboxylic acids is 1. The molecule has 0 aliphatic carbocycles. The van der Waals surface area contributed by atoms with E-state index in [0.29, 0.717) is 47.8 Å². The van der Waals surface area contributed by atoms with Crippen LogP contribution < -0.4 is 9.47 Å². The number of aldehydes is 1. The summed E-state index contributed by atoms with van der Waals surface area (Å²) in [4.78, 5) is 10.6. The first kappa shape index (κ1) is 13.3. The number of carbonyl (C=O) groups is 1. The van der Waals surface area contributed by atoms with Gasteiger partial charge in [-0.15, -0.1) is 0 Å². The fourth-order valence-corrected chi connectivity index (χ4v) is 1.55. The molecule has 0 N–H and O–H groups in total. The van der Waals surface area contributed by atoms with Crippen molar-refractivity contribution in [3.8, 4) is 17.6 Å². The van der Waals surface area contributed by atoms with Gasteiger partial charge in [0.1, 0.15) is 6.29 Å². The topological polar surface area (TPSA) is 59.3 Å². The summed E-state index contributed by atoms with van der Waals surface area (Å²) in [5.41, 5.74) is 0.427. The van der Waals surface area contributed by atoms with E-state index in [4.69, 9.17) is 26.3 Å². The summed E-state index contributed by atoms with van der Waals surface area (Å²) >= 11 is 5.98. The van der Waals surface area contributed by atoms with E-state index in [9.17, 15) is 4.79 Å². The summed E-state index contributed by atoms with van der Waals surface area (Å²) in [6.07, 6.45) is 1.73. The molecule has 5 heteroatoms. The Hall–Kier alpha value is -1.73. The molecule has 1 aromatic rings. The fraction of sp³-hybridized carbons (Fsp3) is 0.333. The van der Waals surface area contributed by atoms with Crippen LogP contribution in [-0.2, 0) is 0 Å².